The van der Waals surface area contributed by atoms with Crippen molar-refractivity contribution in [1.29, 1.82) is 0 Å². The SMILES string of the molecule is I.NC(=NCc1ccc(OC(F)(F)F)cc1)NCC(O)c1ccco1. The van der Waals surface area contributed by atoms with Gasteiger partial charge in [0.25, 0.3) is 0 Å². The van der Waals surface area contributed by atoms with Gasteiger partial charge >= 0.3 is 6.36 Å². The zero-order valence-electron chi connectivity index (χ0n) is 12.9. The van der Waals surface area contributed by atoms with Crippen LogP contribution in [0.3, 0.4) is 0 Å². The second-order valence-electron chi connectivity index (χ2n) is 4.81. The molecular weight excluding hydrogens is 454 g/mol. The summed E-state index contributed by atoms with van der Waals surface area (Å²) in [4.78, 5) is 4.03. The first-order valence-corrected chi connectivity index (χ1v) is 6.93. The van der Waals surface area contributed by atoms with E-state index in [1.807, 2.05) is 0 Å². The van der Waals surface area contributed by atoms with Gasteiger partial charge < -0.3 is 25.3 Å². The summed E-state index contributed by atoms with van der Waals surface area (Å²) in [5, 5.41) is 12.5. The zero-order valence-corrected chi connectivity index (χ0v) is 15.2. The van der Waals surface area contributed by atoms with Crippen LogP contribution in [0.5, 0.6) is 5.75 Å². The van der Waals surface area contributed by atoms with E-state index in [1.165, 1.54) is 30.5 Å². The summed E-state index contributed by atoms with van der Waals surface area (Å²) >= 11 is 0. The number of aliphatic imine (C=N–C) groups is 1. The third-order valence-corrected chi connectivity index (χ3v) is 2.94. The third kappa shape index (κ3) is 7.65. The van der Waals surface area contributed by atoms with E-state index in [1.54, 1.807) is 12.1 Å². The smallest absolute Gasteiger partial charge is 0.467 e. The van der Waals surface area contributed by atoms with Crippen LogP contribution in [0.25, 0.3) is 0 Å². The van der Waals surface area contributed by atoms with Crippen LogP contribution in [-0.2, 0) is 6.54 Å². The number of hydrogen-bond acceptors (Lipinski definition) is 4. The van der Waals surface area contributed by atoms with E-state index in [4.69, 9.17) is 10.2 Å². The molecule has 2 aromatic rings. The number of nitrogens with zero attached hydrogens (tertiary/aromatic N) is 1. The predicted molar refractivity (Wildman–Crippen MR) is 95.5 cm³/mol. The molecule has 1 heterocycles. The minimum absolute atomic E-state index is 0. The van der Waals surface area contributed by atoms with Crippen LogP contribution in [0.15, 0.2) is 52.1 Å². The van der Waals surface area contributed by atoms with Gasteiger partial charge in [-0.05, 0) is 29.8 Å². The average Bonchev–Trinajstić information content (AvgIpc) is 3.05. The Bertz CT molecular complexity index is 661. The molecule has 0 amide bonds. The number of aliphatic hydroxyl groups is 1. The first-order chi connectivity index (χ1) is 11.3. The number of guanidine groups is 1. The molecule has 0 saturated carbocycles. The summed E-state index contributed by atoms with van der Waals surface area (Å²) in [6.45, 7) is 0.281. The van der Waals surface area contributed by atoms with Gasteiger partial charge in [0.2, 0.25) is 0 Å². The lowest BCUT2D eigenvalue weighted by Crippen LogP contribution is -2.34. The lowest BCUT2D eigenvalue weighted by atomic mass is 10.2. The molecule has 138 valence electrons. The number of benzene rings is 1. The average molecular weight is 471 g/mol. The van der Waals surface area contributed by atoms with E-state index >= 15 is 0 Å². The van der Waals surface area contributed by atoms with Crippen molar-refractivity contribution in [1.82, 2.24) is 5.32 Å². The first kappa shape index (κ1) is 21.1. The zero-order chi connectivity index (χ0) is 17.6. The Morgan fingerprint density at radius 2 is 1.96 bits per heavy atom. The van der Waals surface area contributed by atoms with Gasteiger partial charge in [0.05, 0.1) is 19.4 Å². The molecule has 1 unspecified atom stereocenters. The molecule has 0 fully saturated rings. The van der Waals surface area contributed by atoms with Crippen molar-refractivity contribution in [3.8, 4) is 5.75 Å². The number of rotatable bonds is 6. The van der Waals surface area contributed by atoms with Crippen LogP contribution in [-0.4, -0.2) is 24.0 Å². The van der Waals surface area contributed by atoms with Crippen molar-refractivity contribution in [3.63, 3.8) is 0 Å². The van der Waals surface area contributed by atoms with Crippen molar-refractivity contribution < 1.29 is 27.4 Å². The predicted octanol–water partition coefficient (Wildman–Crippen LogP) is 2.93. The molecule has 10 heteroatoms. The molecule has 2 rings (SSSR count). The summed E-state index contributed by atoms with van der Waals surface area (Å²) in [5.41, 5.74) is 6.31. The molecule has 1 atom stereocenters. The molecule has 0 aliphatic heterocycles. The van der Waals surface area contributed by atoms with Crippen LogP contribution in [0.2, 0.25) is 0 Å². The Labute approximate surface area is 158 Å². The largest absolute Gasteiger partial charge is 0.573 e. The molecule has 1 aromatic carbocycles. The standard InChI is InChI=1S/C15H16F3N3O3.HI/c16-15(17,18)24-11-5-3-10(4-6-11)8-20-14(19)21-9-12(22)13-2-1-7-23-13;/h1-7,12,22H,8-9H2,(H3,19,20,21);1H. The molecule has 0 radical (unpaired) electrons. The minimum atomic E-state index is -4.72. The molecule has 0 saturated heterocycles. The summed E-state index contributed by atoms with van der Waals surface area (Å²) in [6.07, 6.45) is -4.14. The van der Waals surface area contributed by atoms with Gasteiger partial charge in [0.1, 0.15) is 17.6 Å². The molecule has 0 spiro atoms. The summed E-state index contributed by atoms with van der Waals surface area (Å²) in [5.74, 6) is 0.190. The van der Waals surface area contributed by atoms with E-state index in [-0.39, 0.29) is 48.8 Å². The van der Waals surface area contributed by atoms with E-state index in [2.05, 4.69) is 15.0 Å². The minimum Gasteiger partial charge on any atom is -0.467 e. The first-order valence-electron chi connectivity index (χ1n) is 6.93. The quantitative estimate of drug-likeness (QED) is 0.343. The van der Waals surface area contributed by atoms with Crippen LogP contribution in [0, 0.1) is 0 Å². The van der Waals surface area contributed by atoms with Gasteiger partial charge in [-0.2, -0.15) is 0 Å². The number of furan rings is 1. The van der Waals surface area contributed by atoms with Gasteiger partial charge in [0.15, 0.2) is 5.96 Å². The molecule has 25 heavy (non-hydrogen) atoms. The fourth-order valence-electron chi connectivity index (χ4n) is 1.81. The van der Waals surface area contributed by atoms with E-state index < -0.39 is 12.5 Å². The number of alkyl halides is 3. The molecular formula is C15H17F3IN3O3. The lowest BCUT2D eigenvalue weighted by Gasteiger charge is -2.10. The number of ether oxygens (including phenoxy) is 1. The van der Waals surface area contributed by atoms with Gasteiger partial charge in [0, 0.05) is 0 Å². The van der Waals surface area contributed by atoms with Crippen molar-refractivity contribution in [2.24, 2.45) is 10.7 Å². The van der Waals surface area contributed by atoms with Crippen molar-refractivity contribution >= 4 is 29.9 Å². The molecule has 0 aliphatic rings. The second kappa shape index (κ2) is 9.51. The van der Waals surface area contributed by atoms with Crippen molar-refractivity contribution in [2.45, 2.75) is 19.0 Å². The molecule has 0 bridgehead atoms. The van der Waals surface area contributed by atoms with Crippen molar-refractivity contribution in [2.75, 3.05) is 6.54 Å². The Kier molecular flexibility index (Phi) is 8.03. The maximum absolute atomic E-state index is 12.1. The Balaban J connectivity index is 0.00000312. The van der Waals surface area contributed by atoms with Gasteiger partial charge in [-0.1, -0.05) is 12.1 Å². The summed E-state index contributed by atoms with van der Waals surface area (Å²) in [7, 11) is 0. The molecule has 6 nitrogen and oxygen atoms in total. The maximum atomic E-state index is 12.1. The molecule has 1 aromatic heterocycles. The highest BCUT2D eigenvalue weighted by atomic mass is 127. The normalized spacial score (nSPS) is 13.0. The number of nitrogens with two attached hydrogens (primary N) is 1. The highest BCUT2D eigenvalue weighted by Crippen LogP contribution is 2.22. The van der Waals surface area contributed by atoms with Crippen molar-refractivity contribution in [3.05, 3.63) is 54.0 Å². The van der Waals surface area contributed by atoms with Crippen LogP contribution >= 0.6 is 24.0 Å². The maximum Gasteiger partial charge on any atom is 0.573 e. The van der Waals surface area contributed by atoms with Gasteiger partial charge in [-0.25, -0.2) is 4.99 Å². The van der Waals surface area contributed by atoms with E-state index in [0.717, 1.165) is 0 Å². The number of hydrogen-bond donors (Lipinski definition) is 3. The van der Waals surface area contributed by atoms with E-state index in [0.29, 0.717) is 11.3 Å². The highest BCUT2D eigenvalue weighted by molar-refractivity contribution is 14.0. The van der Waals surface area contributed by atoms with Crippen LogP contribution in [0.4, 0.5) is 13.2 Å². The van der Waals surface area contributed by atoms with Crippen LogP contribution in [0.1, 0.15) is 17.4 Å². The number of halogens is 4. The third-order valence-electron chi connectivity index (χ3n) is 2.94. The highest BCUT2D eigenvalue weighted by Gasteiger charge is 2.30. The topological polar surface area (TPSA) is 93.0 Å². The summed E-state index contributed by atoms with van der Waals surface area (Å²) in [6, 6.07) is 8.59. The molecule has 4 N–H and O–H groups in total. The van der Waals surface area contributed by atoms with Gasteiger partial charge in [-0.15, -0.1) is 37.1 Å². The monoisotopic (exact) mass is 471 g/mol. The fourth-order valence-corrected chi connectivity index (χ4v) is 1.81. The second-order valence-corrected chi connectivity index (χ2v) is 4.81. The lowest BCUT2D eigenvalue weighted by molar-refractivity contribution is -0.274. The molecule has 0 aliphatic carbocycles. The van der Waals surface area contributed by atoms with E-state index in [9.17, 15) is 18.3 Å². The Hall–Kier alpha value is -1.95. The Morgan fingerprint density at radius 1 is 1.28 bits per heavy atom. The fraction of sp³-hybridized carbons (Fsp3) is 0.267. The Morgan fingerprint density at radius 3 is 2.52 bits per heavy atom. The van der Waals surface area contributed by atoms with Crippen LogP contribution < -0.4 is 15.8 Å². The number of nitrogens with one attached hydrogen (secondary N) is 1. The summed E-state index contributed by atoms with van der Waals surface area (Å²) < 4.78 is 45.0. The van der Waals surface area contributed by atoms with Gasteiger partial charge in [-0.3, -0.25) is 0 Å². The number of aliphatic hydroxyl groups excluding tert-OH is 1.